The molecule has 0 saturated carbocycles. The van der Waals surface area contributed by atoms with E-state index in [1.165, 1.54) is 12.1 Å². The van der Waals surface area contributed by atoms with Crippen molar-refractivity contribution >= 4 is 12.9 Å². The third-order valence-corrected chi connectivity index (χ3v) is 3.02. The molecule has 0 spiro atoms. The molecule has 0 radical (unpaired) electrons. The normalized spacial score (nSPS) is 15.3. The first-order valence-corrected chi connectivity index (χ1v) is 5.37. The van der Waals surface area contributed by atoms with Gasteiger partial charge in [0.1, 0.15) is 5.82 Å². The number of hydrogen-bond donors (Lipinski definition) is 1. The summed E-state index contributed by atoms with van der Waals surface area (Å²) in [5.74, 6) is -0.444. The Morgan fingerprint density at radius 3 is 2.46 bits per heavy atom. The maximum atomic E-state index is 12.4. The van der Waals surface area contributed by atoms with Crippen molar-refractivity contribution in [2.75, 3.05) is 6.61 Å². The summed E-state index contributed by atoms with van der Waals surface area (Å²) in [7, 11) is -3.73. The van der Waals surface area contributed by atoms with Crippen molar-refractivity contribution in [3.63, 3.8) is 0 Å². The molecule has 0 amide bonds. The Hall–Kier alpha value is -0.700. The second-order valence-corrected chi connectivity index (χ2v) is 4.23. The third-order valence-electron chi connectivity index (χ3n) is 1.46. The average molecular weight is 204 g/mol. The highest BCUT2D eigenvalue weighted by Crippen LogP contribution is 2.40. The van der Waals surface area contributed by atoms with Gasteiger partial charge in [-0.3, -0.25) is 4.57 Å². The van der Waals surface area contributed by atoms with Crippen molar-refractivity contribution in [1.82, 2.24) is 0 Å². The smallest absolute Gasteiger partial charge is 0.321 e. The Kier molecular flexibility index (Phi) is 3.20. The summed E-state index contributed by atoms with van der Waals surface area (Å²) in [6.07, 6.45) is 0. The second-order valence-electron chi connectivity index (χ2n) is 2.41. The minimum atomic E-state index is -3.73. The van der Waals surface area contributed by atoms with Gasteiger partial charge in [0, 0.05) is 0 Å². The lowest BCUT2D eigenvalue weighted by Gasteiger charge is -2.09. The summed E-state index contributed by atoms with van der Waals surface area (Å²) >= 11 is 0. The second kappa shape index (κ2) is 4.01. The van der Waals surface area contributed by atoms with E-state index in [9.17, 15) is 13.8 Å². The molecule has 13 heavy (non-hydrogen) atoms. The molecule has 1 N–H and O–H groups in total. The molecular weight excluding hydrogens is 194 g/mol. The van der Waals surface area contributed by atoms with Gasteiger partial charge >= 0.3 is 7.60 Å². The van der Waals surface area contributed by atoms with E-state index in [1.54, 1.807) is 6.92 Å². The fourth-order valence-corrected chi connectivity index (χ4v) is 1.90. The molecule has 5 heteroatoms. The summed E-state index contributed by atoms with van der Waals surface area (Å²) in [5.41, 5.74) is 0. The standard InChI is InChI=1S/C8H10FO3P/c1-2-12-13(10,11)8-5-3-7(9)4-6-8/h3-6H,2H2,1H3,(H,10,11). The number of halogens is 1. The van der Waals surface area contributed by atoms with Gasteiger partial charge in [0.2, 0.25) is 0 Å². The first kappa shape index (κ1) is 10.4. The zero-order chi connectivity index (χ0) is 9.90. The lowest BCUT2D eigenvalue weighted by atomic mass is 10.4. The van der Waals surface area contributed by atoms with Crippen LogP contribution in [0.5, 0.6) is 0 Å². The lowest BCUT2D eigenvalue weighted by Crippen LogP contribution is -2.06. The van der Waals surface area contributed by atoms with Gasteiger partial charge < -0.3 is 9.42 Å². The summed E-state index contributed by atoms with van der Waals surface area (Å²) < 4.78 is 28.4. The van der Waals surface area contributed by atoms with Crippen molar-refractivity contribution in [2.24, 2.45) is 0 Å². The fraction of sp³-hybridized carbons (Fsp3) is 0.250. The van der Waals surface area contributed by atoms with E-state index < -0.39 is 13.4 Å². The molecule has 72 valence electrons. The van der Waals surface area contributed by atoms with Crippen LogP contribution in [0.4, 0.5) is 4.39 Å². The SMILES string of the molecule is CCOP(=O)(O)c1ccc(F)cc1. The lowest BCUT2D eigenvalue weighted by molar-refractivity contribution is 0.284. The molecule has 1 rings (SSSR count). The summed E-state index contributed by atoms with van der Waals surface area (Å²) in [4.78, 5) is 9.29. The maximum Gasteiger partial charge on any atom is 0.358 e. The van der Waals surface area contributed by atoms with Gasteiger partial charge in [-0.05, 0) is 31.2 Å². The van der Waals surface area contributed by atoms with Crippen LogP contribution < -0.4 is 5.30 Å². The highest BCUT2D eigenvalue weighted by Gasteiger charge is 2.21. The molecule has 0 aliphatic heterocycles. The van der Waals surface area contributed by atoms with Crippen LogP contribution in [0.3, 0.4) is 0 Å². The van der Waals surface area contributed by atoms with Gasteiger partial charge in [0.05, 0.1) is 11.9 Å². The van der Waals surface area contributed by atoms with Crippen molar-refractivity contribution < 1.29 is 18.4 Å². The van der Waals surface area contributed by atoms with Crippen LogP contribution in [0.2, 0.25) is 0 Å². The van der Waals surface area contributed by atoms with Crippen LogP contribution in [-0.2, 0) is 9.09 Å². The van der Waals surface area contributed by atoms with Gasteiger partial charge in [0.25, 0.3) is 0 Å². The van der Waals surface area contributed by atoms with E-state index in [1.807, 2.05) is 0 Å². The predicted octanol–water partition coefficient (Wildman–Crippen LogP) is 1.67. The first-order valence-electron chi connectivity index (χ1n) is 3.79. The van der Waals surface area contributed by atoms with Crippen LogP contribution in [0.25, 0.3) is 0 Å². The Morgan fingerprint density at radius 1 is 1.46 bits per heavy atom. The highest BCUT2D eigenvalue weighted by molar-refractivity contribution is 7.61. The molecule has 0 bridgehead atoms. The van der Waals surface area contributed by atoms with E-state index in [2.05, 4.69) is 4.52 Å². The number of benzene rings is 1. The topological polar surface area (TPSA) is 46.5 Å². The molecule has 0 aliphatic rings. The molecular formula is C8H10FO3P. The van der Waals surface area contributed by atoms with Crippen molar-refractivity contribution in [3.05, 3.63) is 30.1 Å². The molecule has 0 aromatic heterocycles. The Labute approximate surface area is 75.7 Å². The maximum absolute atomic E-state index is 12.4. The Morgan fingerprint density at radius 2 is 2.00 bits per heavy atom. The zero-order valence-corrected chi connectivity index (χ0v) is 8.00. The van der Waals surface area contributed by atoms with Crippen LogP contribution in [-0.4, -0.2) is 11.5 Å². The molecule has 1 atom stereocenters. The molecule has 1 aromatic rings. The van der Waals surface area contributed by atoms with E-state index in [4.69, 9.17) is 0 Å². The van der Waals surface area contributed by atoms with E-state index in [0.29, 0.717) is 0 Å². The minimum Gasteiger partial charge on any atom is -0.321 e. The van der Waals surface area contributed by atoms with Gasteiger partial charge in [-0.25, -0.2) is 4.39 Å². The molecule has 3 nitrogen and oxygen atoms in total. The number of rotatable bonds is 3. The monoisotopic (exact) mass is 204 g/mol. The third kappa shape index (κ3) is 2.62. The molecule has 1 unspecified atom stereocenters. The molecule has 0 heterocycles. The van der Waals surface area contributed by atoms with Crippen LogP contribution in [0.15, 0.2) is 24.3 Å². The van der Waals surface area contributed by atoms with Gasteiger partial charge in [-0.2, -0.15) is 0 Å². The number of hydrogen-bond acceptors (Lipinski definition) is 2. The quantitative estimate of drug-likeness (QED) is 0.762. The van der Waals surface area contributed by atoms with Crippen molar-refractivity contribution in [1.29, 1.82) is 0 Å². The predicted molar refractivity (Wildman–Crippen MR) is 47.5 cm³/mol. The van der Waals surface area contributed by atoms with Crippen LogP contribution in [0, 0.1) is 5.82 Å². The largest absolute Gasteiger partial charge is 0.358 e. The minimum absolute atomic E-state index is 0.107. The zero-order valence-electron chi connectivity index (χ0n) is 7.11. The van der Waals surface area contributed by atoms with E-state index in [-0.39, 0.29) is 11.9 Å². The fourth-order valence-electron chi connectivity index (χ4n) is 0.879. The van der Waals surface area contributed by atoms with Gasteiger partial charge in [-0.15, -0.1) is 0 Å². The van der Waals surface area contributed by atoms with Gasteiger partial charge in [0.15, 0.2) is 0 Å². The van der Waals surface area contributed by atoms with Crippen LogP contribution in [0.1, 0.15) is 6.92 Å². The molecule has 0 aliphatic carbocycles. The summed E-state index contributed by atoms with van der Waals surface area (Å²) in [6, 6.07) is 4.73. The van der Waals surface area contributed by atoms with Crippen molar-refractivity contribution in [3.8, 4) is 0 Å². The van der Waals surface area contributed by atoms with Crippen molar-refractivity contribution in [2.45, 2.75) is 6.92 Å². The Balaban J connectivity index is 2.94. The molecule has 0 saturated heterocycles. The average Bonchev–Trinajstić information content (AvgIpc) is 2.05. The van der Waals surface area contributed by atoms with Gasteiger partial charge in [-0.1, -0.05) is 0 Å². The first-order chi connectivity index (χ1) is 6.06. The summed E-state index contributed by atoms with van der Waals surface area (Å²) in [5, 5.41) is 0.107. The van der Waals surface area contributed by atoms with E-state index in [0.717, 1.165) is 12.1 Å². The Bertz CT molecular complexity index is 323. The van der Waals surface area contributed by atoms with E-state index >= 15 is 0 Å². The molecule has 0 fully saturated rings. The molecule has 1 aromatic carbocycles. The highest BCUT2D eigenvalue weighted by atomic mass is 31.2. The summed E-state index contributed by atoms with van der Waals surface area (Å²) in [6.45, 7) is 1.76. The van der Waals surface area contributed by atoms with Crippen LogP contribution >= 0.6 is 7.60 Å².